The Morgan fingerprint density at radius 3 is 2.83 bits per heavy atom. The molecular weight excluding hydrogens is 226 g/mol. The molecule has 1 amide bonds. The number of benzene rings is 1. The highest BCUT2D eigenvalue weighted by Crippen LogP contribution is 2.23. The van der Waals surface area contributed by atoms with Crippen LogP contribution in [0.25, 0.3) is 0 Å². The van der Waals surface area contributed by atoms with E-state index in [4.69, 9.17) is 0 Å². The Balaban J connectivity index is 2.07. The van der Waals surface area contributed by atoms with Crippen LogP contribution in [-0.4, -0.2) is 15.5 Å². The van der Waals surface area contributed by atoms with Crippen LogP contribution < -0.4 is 5.32 Å². The van der Waals surface area contributed by atoms with Crippen molar-refractivity contribution in [1.29, 1.82) is 0 Å². The first-order valence-corrected chi connectivity index (χ1v) is 6.01. The molecule has 1 N–H and O–H groups in total. The topological polar surface area (TPSA) is 46.9 Å². The summed E-state index contributed by atoms with van der Waals surface area (Å²) in [5, 5.41) is 2.94. The van der Waals surface area contributed by atoms with E-state index in [1.807, 2.05) is 24.3 Å². The van der Waals surface area contributed by atoms with E-state index in [0.29, 0.717) is 5.92 Å². The van der Waals surface area contributed by atoms with E-state index in [9.17, 15) is 4.79 Å². The van der Waals surface area contributed by atoms with Gasteiger partial charge in [0, 0.05) is 18.1 Å². The van der Waals surface area contributed by atoms with E-state index in [1.54, 1.807) is 23.3 Å². The molecule has 94 valence electrons. The number of nitrogens with zero attached hydrogens (tertiary/aromatic N) is 2. The molecule has 4 heteroatoms. The second-order valence-corrected chi connectivity index (χ2v) is 4.53. The van der Waals surface area contributed by atoms with Crippen molar-refractivity contribution in [2.24, 2.45) is 0 Å². The average Bonchev–Trinajstić information content (AvgIpc) is 2.82. The first kappa shape index (κ1) is 12.4. The van der Waals surface area contributed by atoms with E-state index < -0.39 is 0 Å². The highest BCUT2D eigenvalue weighted by Gasteiger charge is 2.09. The normalized spacial score (nSPS) is 10.6. The number of carbonyl (C=O) groups is 1. The Labute approximate surface area is 107 Å². The summed E-state index contributed by atoms with van der Waals surface area (Å²) < 4.78 is 1.74. The summed E-state index contributed by atoms with van der Waals surface area (Å²) in [6, 6.07) is 7.89. The van der Waals surface area contributed by atoms with Crippen LogP contribution in [0.5, 0.6) is 0 Å². The third kappa shape index (κ3) is 2.97. The molecule has 2 aromatic rings. The molecule has 0 aliphatic heterocycles. The van der Waals surface area contributed by atoms with Crippen molar-refractivity contribution in [3.63, 3.8) is 0 Å². The first-order valence-electron chi connectivity index (χ1n) is 6.01. The van der Waals surface area contributed by atoms with E-state index in [2.05, 4.69) is 24.1 Å². The molecule has 0 saturated carbocycles. The van der Waals surface area contributed by atoms with Crippen LogP contribution in [-0.2, 0) is 11.3 Å². The Hall–Kier alpha value is -2.10. The van der Waals surface area contributed by atoms with Gasteiger partial charge in [-0.2, -0.15) is 0 Å². The number of anilines is 1. The highest BCUT2D eigenvalue weighted by molar-refractivity contribution is 5.91. The molecule has 0 aliphatic carbocycles. The second kappa shape index (κ2) is 5.49. The molecule has 0 saturated heterocycles. The number of nitrogens with one attached hydrogen (secondary N) is 1. The molecule has 1 aromatic carbocycles. The molecule has 4 nitrogen and oxygen atoms in total. The number of hydrogen-bond donors (Lipinski definition) is 1. The number of carbonyl (C=O) groups excluding carboxylic acids is 1. The largest absolute Gasteiger partial charge is 0.328 e. The Bertz CT molecular complexity index is 518. The number of rotatable bonds is 4. The van der Waals surface area contributed by atoms with Crippen LogP contribution in [0.1, 0.15) is 25.3 Å². The summed E-state index contributed by atoms with van der Waals surface area (Å²) in [4.78, 5) is 15.8. The van der Waals surface area contributed by atoms with Crippen molar-refractivity contribution in [3.05, 3.63) is 48.5 Å². The van der Waals surface area contributed by atoms with Gasteiger partial charge in [0.25, 0.3) is 0 Å². The number of amides is 1. The van der Waals surface area contributed by atoms with Crippen molar-refractivity contribution in [1.82, 2.24) is 9.55 Å². The maximum Gasteiger partial charge on any atom is 0.244 e. The standard InChI is InChI=1S/C14H17N3O/c1-11(2)12-5-3-4-6-13(12)16-14(18)9-17-8-7-15-10-17/h3-8,10-11H,9H2,1-2H3,(H,16,18). The van der Waals surface area contributed by atoms with Crippen molar-refractivity contribution in [3.8, 4) is 0 Å². The molecule has 0 radical (unpaired) electrons. The van der Waals surface area contributed by atoms with Gasteiger partial charge in [-0.3, -0.25) is 4.79 Å². The number of hydrogen-bond acceptors (Lipinski definition) is 2. The number of aromatic nitrogens is 2. The zero-order chi connectivity index (χ0) is 13.0. The van der Waals surface area contributed by atoms with Gasteiger partial charge in [0.15, 0.2) is 0 Å². The monoisotopic (exact) mass is 243 g/mol. The van der Waals surface area contributed by atoms with Gasteiger partial charge >= 0.3 is 0 Å². The van der Waals surface area contributed by atoms with Gasteiger partial charge in [0.1, 0.15) is 6.54 Å². The average molecular weight is 243 g/mol. The van der Waals surface area contributed by atoms with Gasteiger partial charge in [0.2, 0.25) is 5.91 Å². The zero-order valence-corrected chi connectivity index (χ0v) is 10.6. The van der Waals surface area contributed by atoms with Crippen molar-refractivity contribution in [2.45, 2.75) is 26.3 Å². The van der Waals surface area contributed by atoms with Crippen molar-refractivity contribution >= 4 is 11.6 Å². The molecule has 0 spiro atoms. The lowest BCUT2D eigenvalue weighted by Crippen LogP contribution is -2.18. The van der Waals surface area contributed by atoms with Crippen LogP contribution in [0.15, 0.2) is 43.0 Å². The predicted octanol–water partition coefficient (Wildman–Crippen LogP) is 2.65. The first-order chi connectivity index (χ1) is 8.66. The molecule has 0 unspecified atom stereocenters. The SMILES string of the molecule is CC(C)c1ccccc1NC(=O)Cn1ccnc1. The molecule has 0 fully saturated rings. The maximum atomic E-state index is 11.9. The minimum atomic E-state index is -0.0406. The van der Waals surface area contributed by atoms with E-state index in [-0.39, 0.29) is 12.5 Å². The van der Waals surface area contributed by atoms with E-state index in [0.717, 1.165) is 11.3 Å². The molecule has 0 aliphatic rings. The van der Waals surface area contributed by atoms with Gasteiger partial charge in [-0.15, -0.1) is 0 Å². The molecule has 0 bridgehead atoms. The number of para-hydroxylation sites is 1. The van der Waals surface area contributed by atoms with Crippen LogP contribution in [0.4, 0.5) is 5.69 Å². The van der Waals surface area contributed by atoms with Gasteiger partial charge in [0.05, 0.1) is 6.33 Å². The fourth-order valence-corrected chi connectivity index (χ4v) is 1.85. The minimum absolute atomic E-state index is 0.0406. The fourth-order valence-electron chi connectivity index (χ4n) is 1.85. The lowest BCUT2D eigenvalue weighted by Gasteiger charge is -2.13. The minimum Gasteiger partial charge on any atom is -0.328 e. The van der Waals surface area contributed by atoms with Gasteiger partial charge in [-0.05, 0) is 17.5 Å². The van der Waals surface area contributed by atoms with Crippen LogP contribution >= 0.6 is 0 Å². The van der Waals surface area contributed by atoms with Gasteiger partial charge in [-0.1, -0.05) is 32.0 Å². The molecule has 1 aromatic heterocycles. The predicted molar refractivity (Wildman–Crippen MR) is 71.4 cm³/mol. The molecule has 1 heterocycles. The third-order valence-corrected chi connectivity index (χ3v) is 2.74. The summed E-state index contributed by atoms with van der Waals surface area (Å²) in [7, 11) is 0. The maximum absolute atomic E-state index is 11.9. The smallest absolute Gasteiger partial charge is 0.244 e. The second-order valence-electron chi connectivity index (χ2n) is 4.53. The van der Waals surface area contributed by atoms with Gasteiger partial charge in [-0.25, -0.2) is 4.98 Å². The van der Waals surface area contributed by atoms with Crippen LogP contribution in [0.2, 0.25) is 0 Å². The van der Waals surface area contributed by atoms with Crippen LogP contribution in [0.3, 0.4) is 0 Å². The summed E-state index contributed by atoms with van der Waals surface area (Å²) in [6.07, 6.45) is 5.07. The molecule has 0 atom stereocenters. The summed E-state index contributed by atoms with van der Waals surface area (Å²) >= 11 is 0. The molecule has 18 heavy (non-hydrogen) atoms. The summed E-state index contributed by atoms with van der Waals surface area (Å²) in [5.41, 5.74) is 2.04. The van der Waals surface area contributed by atoms with Gasteiger partial charge < -0.3 is 9.88 Å². The summed E-state index contributed by atoms with van der Waals surface area (Å²) in [5.74, 6) is 0.343. The Kier molecular flexibility index (Phi) is 3.77. The lowest BCUT2D eigenvalue weighted by atomic mass is 10.0. The third-order valence-electron chi connectivity index (χ3n) is 2.74. The highest BCUT2D eigenvalue weighted by atomic mass is 16.1. The zero-order valence-electron chi connectivity index (χ0n) is 10.6. The lowest BCUT2D eigenvalue weighted by molar-refractivity contribution is -0.116. The molecule has 2 rings (SSSR count). The Morgan fingerprint density at radius 1 is 1.39 bits per heavy atom. The number of imidazole rings is 1. The van der Waals surface area contributed by atoms with Crippen LogP contribution in [0, 0.1) is 0 Å². The fraction of sp³-hybridized carbons (Fsp3) is 0.286. The summed E-state index contributed by atoms with van der Waals surface area (Å²) in [6.45, 7) is 4.51. The molecular formula is C14H17N3O. The van der Waals surface area contributed by atoms with E-state index in [1.165, 1.54) is 0 Å². The van der Waals surface area contributed by atoms with Crippen molar-refractivity contribution in [2.75, 3.05) is 5.32 Å². The van der Waals surface area contributed by atoms with Crippen molar-refractivity contribution < 1.29 is 4.79 Å². The quantitative estimate of drug-likeness (QED) is 0.897. The Morgan fingerprint density at radius 2 is 2.17 bits per heavy atom. The van der Waals surface area contributed by atoms with E-state index >= 15 is 0 Å².